The van der Waals surface area contributed by atoms with Gasteiger partial charge in [0.1, 0.15) is 0 Å². The van der Waals surface area contributed by atoms with Gasteiger partial charge < -0.3 is 5.32 Å². The van der Waals surface area contributed by atoms with Crippen LogP contribution in [0, 0.1) is 6.92 Å². The number of rotatable bonds is 3. The number of hydrogen-bond donors (Lipinski definition) is 2. The van der Waals surface area contributed by atoms with Crippen LogP contribution in [0.4, 0.5) is 5.69 Å². The molecule has 0 atom stereocenters. The van der Waals surface area contributed by atoms with E-state index in [4.69, 9.17) is 23.8 Å². The van der Waals surface area contributed by atoms with Crippen molar-refractivity contribution in [2.24, 2.45) is 0 Å². The molecule has 0 aliphatic carbocycles. The van der Waals surface area contributed by atoms with Crippen molar-refractivity contribution in [1.29, 1.82) is 0 Å². The summed E-state index contributed by atoms with van der Waals surface area (Å²) in [6, 6.07) is 15.0. The van der Waals surface area contributed by atoms with Crippen molar-refractivity contribution in [3.05, 3.63) is 70.8 Å². The normalized spacial score (nSPS) is 10.5. The molecule has 0 bridgehead atoms. The van der Waals surface area contributed by atoms with Crippen LogP contribution in [0.25, 0.3) is 6.08 Å². The number of benzene rings is 2. The Labute approximate surface area is 140 Å². The lowest BCUT2D eigenvalue weighted by molar-refractivity contribution is -0.115. The molecule has 2 N–H and O–H groups in total. The van der Waals surface area contributed by atoms with E-state index in [9.17, 15) is 4.79 Å². The van der Waals surface area contributed by atoms with E-state index in [1.807, 2.05) is 43.3 Å². The minimum atomic E-state index is -0.291. The predicted octanol–water partition coefficient (Wildman–Crippen LogP) is 4.17. The third kappa shape index (κ3) is 4.98. The molecule has 2 aromatic rings. The highest BCUT2D eigenvalue weighted by molar-refractivity contribution is 7.80. The average Bonchev–Trinajstić information content (AvgIpc) is 2.50. The summed E-state index contributed by atoms with van der Waals surface area (Å²) in [5.74, 6) is -0.291. The zero-order valence-corrected chi connectivity index (χ0v) is 13.5. The molecule has 22 heavy (non-hydrogen) atoms. The first-order valence-corrected chi connectivity index (χ1v) is 7.44. The highest BCUT2D eigenvalue weighted by Crippen LogP contribution is 2.19. The smallest absolute Gasteiger partial charge is 0.250 e. The van der Waals surface area contributed by atoms with Gasteiger partial charge >= 0.3 is 0 Å². The Balaban J connectivity index is 1.93. The van der Waals surface area contributed by atoms with E-state index in [-0.39, 0.29) is 11.0 Å². The van der Waals surface area contributed by atoms with Gasteiger partial charge in [-0.3, -0.25) is 10.1 Å². The maximum Gasteiger partial charge on any atom is 0.250 e. The largest absolute Gasteiger partial charge is 0.332 e. The van der Waals surface area contributed by atoms with Gasteiger partial charge in [0.2, 0.25) is 5.91 Å². The van der Waals surface area contributed by atoms with Crippen molar-refractivity contribution in [3.8, 4) is 0 Å². The average molecular weight is 331 g/mol. The van der Waals surface area contributed by atoms with E-state index in [2.05, 4.69) is 10.6 Å². The van der Waals surface area contributed by atoms with E-state index in [1.54, 1.807) is 18.2 Å². The van der Waals surface area contributed by atoms with Crippen molar-refractivity contribution < 1.29 is 4.79 Å². The fourth-order valence-corrected chi connectivity index (χ4v) is 2.15. The van der Waals surface area contributed by atoms with Crippen LogP contribution in [0.5, 0.6) is 0 Å². The summed E-state index contributed by atoms with van der Waals surface area (Å²) < 4.78 is 0. The molecule has 0 aliphatic heterocycles. The van der Waals surface area contributed by atoms with Gasteiger partial charge in [-0.2, -0.15) is 0 Å². The van der Waals surface area contributed by atoms with E-state index in [0.29, 0.717) is 5.02 Å². The molecule has 0 spiro atoms. The quantitative estimate of drug-likeness (QED) is 0.655. The Morgan fingerprint density at radius 2 is 1.91 bits per heavy atom. The van der Waals surface area contributed by atoms with Crippen LogP contribution in [0.2, 0.25) is 5.02 Å². The van der Waals surface area contributed by atoms with Gasteiger partial charge in [0.25, 0.3) is 0 Å². The van der Waals surface area contributed by atoms with Gasteiger partial charge in [0, 0.05) is 16.8 Å². The highest BCUT2D eigenvalue weighted by atomic mass is 35.5. The van der Waals surface area contributed by atoms with Crippen LogP contribution >= 0.6 is 23.8 Å². The third-order valence-electron chi connectivity index (χ3n) is 2.91. The summed E-state index contributed by atoms with van der Waals surface area (Å²) >= 11 is 11.1. The first-order valence-electron chi connectivity index (χ1n) is 6.66. The Morgan fingerprint density at radius 1 is 1.18 bits per heavy atom. The first kappa shape index (κ1) is 16.2. The molecule has 2 aromatic carbocycles. The number of thiocarbonyl (C=S) groups is 1. The number of nitrogens with one attached hydrogen (secondary N) is 2. The zero-order valence-electron chi connectivity index (χ0n) is 12.0. The summed E-state index contributed by atoms with van der Waals surface area (Å²) in [4.78, 5) is 11.8. The Kier molecular flexibility index (Phi) is 5.69. The molecular formula is C17H15ClN2OS. The van der Waals surface area contributed by atoms with Gasteiger partial charge in [-0.15, -0.1) is 0 Å². The van der Waals surface area contributed by atoms with E-state index in [0.717, 1.165) is 16.8 Å². The predicted molar refractivity (Wildman–Crippen MR) is 96.0 cm³/mol. The number of amides is 1. The molecule has 0 saturated heterocycles. The second-order valence-corrected chi connectivity index (χ2v) is 5.49. The Bertz CT molecular complexity index is 714. The van der Waals surface area contributed by atoms with Crippen LogP contribution in [-0.4, -0.2) is 11.0 Å². The number of carbonyl (C=O) groups excluding carboxylic acids is 1. The monoisotopic (exact) mass is 330 g/mol. The van der Waals surface area contributed by atoms with Crippen molar-refractivity contribution in [1.82, 2.24) is 5.32 Å². The summed E-state index contributed by atoms with van der Waals surface area (Å²) in [7, 11) is 0. The molecule has 2 rings (SSSR count). The Morgan fingerprint density at radius 3 is 2.64 bits per heavy atom. The molecular weight excluding hydrogens is 316 g/mol. The lowest BCUT2D eigenvalue weighted by atomic mass is 10.2. The topological polar surface area (TPSA) is 41.1 Å². The van der Waals surface area contributed by atoms with Crippen LogP contribution < -0.4 is 10.6 Å². The molecule has 0 radical (unpaired) electrons. The molecule has 0 heterocycles. The van der Waals surface area contributed by atoms with E-state index < -0.39 is 0 Å². The van der Waals surface area contributed by atoms with E-state index in [1.165, 1.54) is 6.08 Å². The number of halogens is 1. The number of hydrogen-bond acceptors (Lipinski definition) is 2. The minimum Gasteiger partial charge on any atom is -0.332 e. The zero-order chi connectivity index (χ0) is 15.9. The van der Waals surface area contributed by atoms with Crippen LogP contribution in [-0.2, 0) is 4.79 Å². The fraction of sp³-hybridized carbons (Fsp3) is 0.0588. The summed E-state index contributed by atoms with van der Waals surface area (Å²) in [5, 5.41) is 6.39. The molecule has 0 fully saturated rings. The van der Waals surface area contributed by atoms with Gasteiger partial charge in [0.15, 0.2) is 5.11 Å². The van der Waals surface area contributed by atoms with Crippen LogP contribution in [0.1, 0.15) is 11.1 Å². The van der Waals surface area contributed by atoms with Crippen molar-refractivity contribution in [2.75, 3.05) is 5.32 Å². The minimum absolute atomic E-state index is 0.230. The van der Waals surface area contributed by atoms with E-state index >= 15 is 0 Å². The van der Waals surface area contributed by atoms with Gasteiger partial charge in [0.05, 0.1) is 0 Å². The first-order chi connectivity index (χ1) is 10.5. The molecule has 0 aromatic heterocycles. The number of aryl methyl sites for hydroxylation is 1. The molecule has 0 unspecified atom stereocenters. The van der Waals surface area contributed by atoms with Crippen molar-refractivity contribution >= 4 is 46.6 Å². The number of anilines is 1. The second-order valence-electron chi connectivity index (χ2n) is 4.65. The fourth-order valence-electron chi connectivity index (χ4n) is 1.77. The number of carbonyl (C=O) groups is 1. The van der Waals surface area contributed by atoms with Crippen LogP contribution in [0.15, 0.2) is 54.6 Å². The Hall–Kier alpha value is -2.17. The maximum atomic E-state index is 11.8. The van der Waals surface area contributed by atoms with Gasteiger partial charge in [-0.1, -0.05) is 48.0 Å². The molecule has 0 aliphatic rings. The van der Waals surface area contributed by atoms with Crippen LogP contribution in [0.3, 0.4) is 0 Å². The maximum absolute atomic E-state index is 11.8. The second kappa shape index (κ2) is 7.73. The van der Waals surface area contributed by atoms with Crippen molar-refractivity contribution in [3.63, 3.8) is 0 Å². The molecule has 112 valence electrons. The lowest BCUT2D eigenvalue weighted by Gasteiger charge is -2.11. The standard InChI is InChI=1S/C17H15ClN2OS/c1-12-7-9-14(18)11-15(12)19-17(22)20-16(21)10-8-13-5-3-2-4-6-13/h2-11H,1H3,(H2,19,20,21,22)/b10-8+. The molecule has 5 heteroatoms. The molecule has 3 nitrogen and oxygen atoms in total. The third-order valence-corrected chi connectivity index (χ3v) is 3.35. The summed E-state index contributed by atoms with van der Waals surface area (Å²) in [5.41, 5.74) is 2.70. The lowest BCUT2D eigenvalue weighted by Crippen LogP contribution is -2.33. The van der Waals surface area contributed by atoms with Gasteiger partial charge in [-0.25, -0.2) is 0 Å². The summed E-state index contributed by atoms with van der Waals surface area (Å²) in [6.45, 7) is 1.93. The highest BCUT2D eigenvalue weighted by Gasteiger charge is 2.04. The van der Waals surface area contributed by atoms with Gasteiger partial charge in [-0.05, 0) is 48.5 Å². The summed E-state index contributed by atoms with van der Waals surface area (Å²) in [6.07, 6.45) is 3.16. The van der Waals surface area contributed by atoms with Crippen molar-refractivity contribution in [2.45, 2.75) is 6.92 Å². The molecule has 0 saturated carbocycles. The molecule has 1 amide bonds. The SMILES string of the molecule is Cc1ccc(Cl)cc1NC(=S)NC(=O)/C=C/c1ccccc1.